The first-order valence-electron chi connectivity index (χ1n) is 8.21. The molecule has 2 aromatic rings. The second kappa shape index (κ2) is 8.51. The fourth-order valence-electron chi connectivity index (χ4n) is 2.82. The molecule has 1 amide bonds. The van der Waals surface area contributed by atoms with E-state index in [9.17, 15) is 9.18 Å². The third-order valence-electron chi connectivity index (χ3n) is 4.13. The lowest BCUT2D eigenvalue weighted by atomic mass is 9.87. The Hall–Kier alpha value is -2.56. The number of rotatable bonds is 7. The van der Waals surface area contributed by atoms with E-state index in [0.717, 1.165) is 5.56 Å². The van der Waals surface area contributed by atoms with Gasteiger partial charge in [0.25, 0.3) is 0 Å². The van der Waals surface area contributed by atoms with Crippen LogP contribution in [0.3, 0.4) is 0 Å². The van der Waals surface area contributed by atoms with Gasteiger partial charge in [-0.15, -0.1) is 0 Å². The Balaban J connectivity index is 2.20. The quantitative estimate of drug-likeness (QED) is 0.828. The molecule has 0 fully saturated rings. The molecule has 4 nitrogen and oxygen atoms in total. The van der Waals surface area contributed by atoms with Crippen molar-refractivity contribution < 1.29 is 18.7 Å². The first-order chi connectivity index (χ1) is 12.0. The van der Waals surface area contributed by atoms with Crippen molar-refractivity contribution in [2.24, 2.45) is 5.92 Å². The molecule has 2 rings (SSSR count). The van der Waals surface area contributed by atoms with E-state index in [1.54, 1.807) is 38.5 Å². The largest absolute Gasteiger partial charge is 0.493 e. The molecule has 0 aliphatic heterocycles. The van der Waals surface area contributed by atoms with Crippen molar-refractivity contribution in [3.63, 3.8) is 0 Å². The molecule has 0 aliphatic carbocycles. The fraction of sp³-hybridized carbons (Fsp3) is 0.350. The molecule has 0 heterocycles. The summed E-state index contributed by atoms with van der Waals surface area (Å²) in [7, 11) is 3.13. The summed E-state index contributed by atoms with van der Waals surface area (Å²) in [4.78, 5) is 12.7. The number of benzene rings is 2. The predicted molar refractivity (Wildman–Crippen MR) is 95.4 cm³/mol. The molecule has 0 saturated carbocycles. The first-order valence-corrected chi connectivity index (χ1v) is 8.21. The number of ether oxygens (including phenoxy) is 2. The highest BCUT2D eigenvalue weighted by Crippen LogP contribution is 2.33. The summed E-state index contributed by atoms with van der Waals surface area (Å²) in [6.07, 6.45) is 0. The SMILES string of the molecule is COc1ccc(C(C(=O)NCc2ccccc2F)C(C)C)cc1OC. The molecule has 0 aliphatic rings. The summed E-state index contributed by atoms with van der Waals surface area (Å²) < 4.78 is 24.3. The minimum absolute atomic E-state index is 0.0683. The van der Waals surface area contributed by atoms with Gasteiger partial charge in [-0.25, -0.2) is 4.39 Å². The van der Waals surface area contributed by atoms with Gasteiger partial charge in [-0.05, 0) is 29.7 Å². The Labute approximate surface area is 148 Å². The summed E-state index contributed by atoms with van der Waals surface area (Å²) in [6.45, 7) is 4.11. The highest BCUT2D eigenvalue weighted by molar-refractivity contribution is 5.84. The average molecular weight is 345 g/mol. The van der Waals surface area contributed by atoms with E-state index in [1.165, 1.54) is 6.07 Å². The molecule has 0 bridgehead atoms. The zero-order valence-corrected chi connectivity index (χ0v) is 15.0. The maximum Gasteiger partial charge on any atom is 0.228 e. The number of carbonyl (C=O) groups excluding carboxylic acids is 1. The summed E-state index contributed by atoms with van der Waals surface area (Å²) >= 11 is 0. The molecular weight excluding hydrogens is 321 g/mol. The van der Waals surface area contributed by atoms with Crippen LogP contribution in [0.4, 0.5) is 4.39 Å². The van der Waals surface area contributed by atoms with Crippen molar-refractivity contribution in [2.75, 3.05) is 14.2 Å². The van der Waals surface area contributed by atoms with Crippen molar-refractivity contribution in [3.8, 4) is 11.5 Å². The normalized spacial score (nSPS) is 11.9. The molecule has 5 heteroatoms. The van der Waals surface area contributed by atoms with Gasteiger partial charge in [0.2, 0.25) is 5.91 Å². The van der Waals surface area contributed by atoms with E-state index in [2.05, 4.69) is 5.32 Å². The summed E-state index contributed by atoms with van der Waals surface area (Å²) in [5.74, 6) is 0.416. The zero-order chi connectivity index (χ0) is 18.4. The van der Waals surface area contributed by atoms with E-state index < -0.39 is 0 Å². The Morgan fingerprint density at radius 3 is 2.36 bits per heavy atom. The van der Waals surface area contributed by atoms with Crippen molar-refractivity contribution >= 4 is 5.91 Å². The molecule has 0 aromatic heterocycles. The predicted octanol–water partition coefficient (Wildman–Crippen LogP) is 3.90. The van der Waals surface area contributed by atoms with Crippen LogP contribution in [0.5, 0.6) is 11.5 Å². The van der Waals surface area contributed by atoms with Crippen LogP contribution in [-0.2, 0) is 11.3 Å². The van der Waals surface area contributed by atoms with Crippen molar-refractivity contribution in [1.82, 2.24) is 5.32 Å². The van der Waals surface area contributed by atoms with Gasteiger partial charge in [-0.2, -0.15) is 0 Å². The number of amides is 1. The van der Waals surface area contributed by atoms with Gasteiger partial charge in [0.05, 0.1) is 20.1 Å². The average Bonchev–Trinajstić information content (AvgIpc) is 2.60. The van der Waals surface area contributed by atoms with Gasteiger partial charge < -0.3 is 14.8 Å². The van der Waals surface area contributed by atoms with E-state index in [-0.39, 0.29) is 30.1 Å². The van der Waals surface area contributed by atoms with Crippen LogP contribution in [-0.4, -0.2) is 20.1 Å². The molecular formula is C20H24FNO3. The molecule has 134 valence electrons. The van der Waals surface area contributed by atoms with Crippen LogP contribution in [0.15, 0.2) is 42.5 Å². The number of nitrogens with one attached hydrogen (secondary N) is 1. The summed E-state index contributed by atoms with van der Waals surface area (Å²) in [6, 6.07) is 11.9. The lowest BCUT2D eigenvalue weighted by molar-refractivity contribution is -0.123. The Bertz CT molecular complexity index is 731. The highest BCUT2D eigenvalue weighted by atomic mass is 19.1. The molecule has 2 aromatic carbocycles. The first kappa shape index (κ1) is 18.8. The summed E-state index contributed by atoms with van der Waals surface area (Å²) in [5, 5.41) is 2.83. The minimum Gasteiger partial charge on any atom is -0.493 e. The topological polar surface area (TPSA) is 47.6 Å². The van der Waals surface area contributed by atoms with Crippen molar-refractivity contribution in [3.05, 3.63) is 59.4 Å². The maximum atomic E-state index is 13.7. The van der Waals surface area contributed by atoms with Crippen LogP contribution >= 0.6 is 0 Å². The summed E-state index contributed by atoms with van der Waals surface area (Å²) in [5.41, 5.74) is 1.30. The highest BCUT2D eigenvalue weighted by Gasteiger charge is 2.25. The number of halogens is 1. The second-order valence-electron chi connectivity index (χ2n) is 6.15. The number of methoxy groups -OCH3 is 2. The fourth-order valence-corrected chi connectivity index (χ4v) is 2.82. The van der Waals surface area contributed by atoms with E-state index in [4.69, 9.17) is 9.47 Å². The zero-order valence-electron chi connectivity index (χ0n) is 15.0. The van der Waals surface area contributed by atoms with Crippen LogP contribution < -0.4 is 14.8 Å². The maximum absolute atomic E-state index is 13.7. The molecule has 25 heavy (non-hydrogen) atoms. The molecule has 1 unspecified atom stereocenters. The molecule has 1 N–H and O–H groups in total. The van der Waals surface area contributed by atoms with E-state index in [0.29, 0.717) is 17.1 Å². The smallest absolute Gasteiger partial charge is 0.228 e. The molecule has 1 atom stereocenters. The Morgan fingerprint density at radius 2 is 1.76 bits per heavy atom. The molecule has 0 spiro atoms. The standard InChI is InChI=1S/C20H24FNO3/c1-13(2)19(14-9-10-17(24-3)18(11-14)25-4)20(23)22-12-15-7-5-6-8-16(15)21/h5-11,13,19H,12H2,1-4H3,(H,22,23). The third-order valence-corrected chi connectivity index (χ3v) is 4.13. The second-order valence-corrected chi connectivity index (χ2v) is 6.15. The number of hydrogen-bond donors (Lipinski definition) is 1. The Morgan fingerprint density at radius 1 is 1.08 bits per heavy atom. The monoisotopic (exact) mass is 345 g/mol. The lowest BCUT2D eigenvalue weighted by Gasteiger charge is -2.22. The van der Waals surface area contributed by atoms with Crippen LogP contribution in [0.1, 0.15) is 30.9 Å². The van der Waals surface area contributed by atoms with Gasteiger partial charge in [0.1, 0.15) is 5.82 Å². The van der Waals surface area contributed by atoms with Gasteiger partial charge >= 0.3 is 0 Å². The van der Waals surface area contributed by atoms with Crippen LogP contribution in [0.25, 0.3) is 0 Å². The van der Waals surface area contributed by atoms with Crippen LogP contribution in [0, 0.1) is 11.7 Å². The Kier molecular flexibility index (Phi) is 6.39. The third kappa shape index (κ3) is 4.50. The van der Waals surface area contributed by atoms with Crippen molar-refractivity contribution in [2.45, 2.75) is 26.3 Å². The molecule has 0 radical (unpaired) electrons. The van der Waals surface area contributed by atoms with Gasteiger partial charge in [-0.1, -0.05) is 38.1 Å². The van der Waals surface area contributed by atoms with Gasteiger partial charge in [0.15, 0.2) is 11.5 Å². The van der Waals surface area contributed by atoms with Gasteiger partial charge in [0, 0.05) is 12.1 Å². The lowest BCUT2D eigenvalue weighted by Crippen LogP contribution is -2.32. The van der Waals surface area contributed by atoms with E-state index in [1.807, 2.05) is 26.0 Å². The van der Waals surface area contributed by atoms with Crippen LogP contribution in [0.2, 0.25) is 0 Å². The van der Waals surface area contributed by atoms with Crippen molar-refractivity contribution in [1.29, 1.82) is 0 Å². The number of hydrogen-bond acceptors (Lipinski definition) is 3. The minimum atomic E-state index is -0.369. The van der Waals surface area contributed by atoms with E-state index >= 15 is 0 Å². The van der Waals surface area contributed by atoms with Gasteiger partial charge in [-0.3, -0.25) is 4.79 Å². The molecule has 0 saturated heterocycles. The number of carbonyl (C=O) groups is 1.